The molecule has 0 saturated carbocycles. The van der Waals surface area contributed by atoms with Gasteiger partial charge in [0.1, 0.15) is 11.5 Å². The lowest BCUT2D eigenvalue weighted by Gasteiger charge is -2.11. The van der Waals surface area contributed by atoms with Gasteiger partial charge in [0.05, 0.1) is 4.47 Å². The van der Waals surface area contributed by atoms with Gasteiger partial charge in [-0.05, 0) is 84.1 Å². The van der Waals surface area contributed by atoms with Crippen LogP contribution in [0.15, 0.2) is 40.9 Å². The molecule has 0 bridgehead atoms. The van der Waals surface area contributed by atoms with Crippen molar-refractivity contribution in [3.8, 4) is 11.5 Å². The molecule has 0 aromatic heterocycles. The highest BCUT2D eigenvalue weighted by Crippen LogP contribution is 2.31. The van der Waals surface area contributed by atoms with Gasteiger partial charge in [-0.2, -0.15) is 0 Å². The molecule has 0 aliphatic heterocycles. The van der Waals surface area contributed by atoms with Gasteiger partial charge in [0.2, 0.25) is 0 Å². The van der Waals surface area contributed by atoms with Crippen LogP contribution in [0.25, 0.3) is 0 Å². The summed E-state index contributed by atoms with van der Waals surface area (Å²) in [7, 11) is 0. The number of aryl methyl sites for hydroxylation is 2. The zero-order valence-electron chi connectivity index (χ0n) is 12.1. The van der Waals surface area contributed by atoms with Crippen LogP contribution in [0.2, 0.25) is 0 Å². The molecule has 0 radical (unpaired) electrons. The van der Waals surface area contributed by atoms with Crippen molar-refractivity contribution in [1.82, 2.24) is 0 Å². The van der Waals surface area contributed by atoms with Gasteiger partial charge in [0.25, 0.3) is 0 Å². The van der Waals surface area contributed by atoms with Crippen LogP contribution in [0.4, 0.5) is 0 Å². The molecule has 0 spiro atoms. The Kier molecular flexibility index (Phi) is 4.84. The smallest absolute Gasteiger partial charge is 0.141 e. The zero-order chi connectivity index (χ0) is 14.7. The lowest BCUT2D eigenvalue weighted by molar-refractivity contribution is 0.478. The molecule has 0 aliphatic rings. The maximum Gasteiger partial charge on any atom is 0.141 e. The van der Waals surface area contributed by atoms with E-state index in [0.717, 1.165) is 22.4 Å². The fourth-order valence-electron chi connectivity index (χ4n) is 2.03. The number of rotatable bonds is 4. The van der Waals surface area contributed by atoms with Crippen molar-refractivity contribution in [2.75, 3.05) is 0 Å². The summed E-state index contributed by atoms with van der Waals surface area (Å²) in [6.07, 6.45) is 0.864. The fraction of sp³-hybridized carbons (Fsp3) is 0.294. The highest BCUT2D eigenvalue weighted by molar-refractivity contribution is 9.10. The number of hydrogen-bond acceptors (Lipinski definition) is 2. The van der Waals surface area contributed by atoms with E-state index in [1.54, 1.807) is 0 Å². The first kappa shape index (κ1) is 15.1. The summed E-state index contributed by atoms with van der Waals surface area (Å²) < 4.78 is 6.88. The average Bonchev–Trinajstić information content (AvgIpc) is 2.36. The Morgan fingerprint density at radius 3 is 2.45 bits per heavy atom. The van der Waals surface area contributed by atoms with E-state index >= 15 is 0 Å². The van der Waals surface area contributed by atoms with Crippen molar-refractivity contribution in [3.05, 3.63) is 57.6 Å². The normalized spacial score (nSPS) is 12.2. The molecule has 2 aromatic rings. The van der Waals surface area contributed by atoms with E-state index in [1.807, 2.05) is 19.1 Å². The van der Waals surface area contributed by atoms with Crippen LogP contribution in [-0.4, -0.2) is 6.04 Å². The lowest BCUT2D eigenvalue weighted by Crippen LogP contribution is -2.17. The molecule has 106 valence electrons. The van der Waals surface area contributed by atoms with E-state index in [1.165, 1.54) is 16.7 Å². The number of ether oxygens (including phenoxy) is 1. The first-order valence-electron chi connectivity index (χ1n) is 6.75. The van der Waals surface area contributed by atoms with Gasteiger partial charge in [0, 0.05) is 6.04 Å². The summed E-state index contributed by atoms with van der Waals surface area (Å²) >= 11 is 3.56. The number of halogens is 1. The predicted molar refractivity (Wildman–Crippen MR) is 87.5 cm³/mol. The van der Waals surface area contributed by atoms with Crippen molar-refractivity contribution in [2.45, 2.75) is 33.2 Å². The van der Waals surface area contributed by atoms with Gasteiger partial charge in [-0.3, -0.25) is 0 Å². The molecule has 2 nitrogen and oxygen atoms in total. The van der Waals surface area contributed by atoms with Gasteiger partial charge in [0.15, 0.2) is 0 Å². The highest BCUT2D eigenvalue weighted by atomic mass is 79.9. The van der Waals surface area contributed by atoms with E-state index in [4.69, 9.17) is 10.5 Å². The maximum absolute atomic E-state index is 5.93. The molecule has 20 heavy (non-hydrogen) atoms. The Morgan fingerprint density at radius 2 is 1.85 bits per heavy atom. The first-order valence-corrected chi connectivity index (χ1v) is 7.54. The Bertz CT molecular complexity index is 608. The monoisotopic (exact) mass is 333 g/mol. The Hall–Kier alpha value is -1.32. The fourth-order valence-corrected chi connectivity index (χ4v) is 2.54. The Morgan fingerprint density at radius 1 is 1.10 bits per heavy atom. The predicted octanol–water partition coefficient (Wildman–Crippen LogP) is 4.75. The third-order valence-corrected chi connectivity index (χ3v) is 3.88. The van der Waals surface area contributed by atoms with Crippen molar-refractivity contribution in [1.29, 1.82) is 0 Å². The molecule has 2 rings (SSSR count). The van der Waals surface area contributed by atoms with Crippen molar-refractivity contribution in [2.24, 2.45) is 5.73 Å². The van der Waals surface area contributed by atoms with Crippen LogP contribution in [0.1, 0.15) is 23.6 Å². The quantitative estimate of drug-likeness (QED) is 0.876. The molecule has 0 heterocycles. The van der Waals surface area contributed by atoms with Crippen molar-refractivity contribution >= 4 is 15.9 Å². The van der Waals surface area contributed by atoms with Crippen molar-refractivity contribution in [3.63, 3.8) is 0 Å². The summed E-state index contributed by atoms with van der Waals surface area (Å²) in [6.45, 7) is 6.19. The van der Waals surface area contributed by atoms with Gasteiger partial charge < -0.3 is 10.5 Å². The summed E-state index contributed by atoms with van der Waals surface area (Å²) in [5, 5.41) is 0. The largest absolute Gasteiger partial charge is 0.456 e. The molecular weight excluding hydrogens is 314 g/mol. The van der Waals surface area contributed by atoms with E-state index in [2.05, 4.69) is 54.0 Å². The molecule has 1 unspecified atom stereocenters. The molecule has 3 heteroatoms. The molecule has 2 N–H and O–H groups in total. The second-order valence-corrected chi connectivity index (χ2v) is 6.15. The van der Waals surface area contributed by atoms with Crippen LogP contribution in [-0.2, 0) is 6.42 Å². The minimum Gasteiger partial charge on any atom is -0.456 e. The number of hydrogen-bond donors (Lipinski definition) is 1. The highest BCUT2D eigenvalue weighted by Gasteiger charge is 2.06. The van der Waals surface area contributed by atoms with Crippen LogP contribution in [0.3, 0.4) is 0 Å². The molecule has 1 atom stereocenters. The lowest BCUT2D eigenvalue weighted by atomic mass is 10.1. The molecule has 0 saturated heterocycles. The molecule has 0 aliphatic carbocycles. The van der Waals surface area contributed by atoms with E-state index in [9.17, 15) is 0 Å². The Balaban J connectivity index is 2.19. The first-order chi connectivity index (χ1) is 9.45. The minimum absolute atomic E-state index is 0.161. The average molecular weight is 334 g/mol. The van der Waals surface area contributed by atoms with Gasteiger partial charge in [-0.1, -0.05) is 12.1 Å². The van der Waals surface area contributed by atoms with E-state index in [-0.39, 0.29) is 6.04 Å². The second kappa shape index (κ2) is 6.42. The van der Waals surface area contributed by atoms with Gasteiger partial charge >= 0.3 is 0 Å². The van der Waals surface area contributed by atoms with Crippen LogP contribution in [0, 0.1) is 13.8 Å². The Labute approximate surface area is 129 Å². The number of nitrogens with two attached hydrogens (primary N) is 1. The minimum atomic E-state index is 0.161. The second-order valence-electron chi connectivity index (χ2n) is 5.29. The summed E-state index contributed by atoms with van der Waals surface area (Å²) in [5.74, 6) is 1.68. The van der Waals surface area contributed by atoms with E-state index in [0.29, 0.717) is 0 Å². The molecule has 2 aromatic carbocycles. The van der Waals surface area contributed by atoms with Gasteiger partial charge in [-0.25, -0.2) is 0 Å². The SMILES string of the molecule is Cc1ccc(Oc2ccc(CC(C)N)cc2Br)cc1C. The van der Waals surface area contributed by atoms with Crippen LogP contribution in [0.5, 0.6) is 11.5 Å². The third-order valence-electron chi connectivity index (χ3n) is 3.26. The third kappa shape index (κ3) is 3.84. The maximum atomic E-state index is 5.93. The molecule has 0 amide bonds. The number of benzene rings is 2. The van der Waals surface area contributed by atoms with Crippen LogP contribution >= 0.6 is 15.9 Å². The summed E-state index contributed by atoms with van der Waals surface area (Å²) in [5.41, 5.74) is 9.52. The summed E-state index contributed by atoms with van der Waals surface area (Å²) in [6, 6.07) is 12.4. The zero-order valence-corrected chi connectivity index (χ0v) is 13.7. The summed E-state index contributed by atoms with van der Waals surface area (Å²) in [4.78, 5) is 0. The molecular formula is C17H20BrNO. The van der Waals surface area contributed by atoms with E-state index < -0.39 is 0 Å². The van der Waals surface area contributed by atoms with Gasteiger partial charge in [-0.15, -0.1) is 0 Å². The van der Waals surface area contributed by atoms with Crippen LogP contribution < -0.4 is 10.5 Å². The topological polar surface area (TPSA) is 35.2 Å². The standard InChI is InChI=1S/C17H20BrNO/c1-11-4-6-15(8-12(11)2)20-17-7-5-14(9-13(3)19)10-16(17)18/h4-8,10,13H,9,19H2,1-3H3. The molecule has 0 fully saturated rings. The van der Waals surface area contributed by atoms with Crippen molar-refractivity contribution < 1.29 is 4.74 Å².